The number of methoxy groups -OCH3 is 2. The Labute approximate surface area is 102 Å². The van der Waals surface area contributed by atoms with Crippen molar-refractivity contribution in [1.82, 2.24) is 5.32 Å². The molecule has 0 saturated carbocycles. The maximum absolute atomic E-state index is 5.25. The van der Waals surface area contributed by atoms with Gasteiger partial charge < -0.3 is 14.8 Å². The van der Waals surface area contributed by atoms with Gasteiger partial charge in [0.05, 0.1) is 20.3 Å². The van der Waals surface area contributed by atoms with Crippen molar-refractivity contribution in [2.75, 3.05) is 27.3 Å². The summed E-state index contributed by atoms with van der Waals surface area (Å²) in [4.78, 5) is 4.54. The summed E-state index contributed by atoms with van der Waals surface area (Å²) in [6.45, 7) is 2.04. The first-order valence-electron chi connectivity index (χ1n) is 5.79. The summed E-state index contributed by atoms with van der Waals surface area (Å²) in [7, 11) is 3.27. The molecule has 17 heavy (non-hydrogen) atoms. The van der Waals surface area contributed by atoms with E-state index in [-0.39, 0.29) is 0 Å². The molecule has 4 heteroatoms. The van der Waals surface area contributed by atoms with Crippen molar-refractivity contribution < 1.29 is 9.47 Å². The summed E-state index contributed by atoms with van der Waals surface area (Å²) in [5, 5.41) is 3.29. The Morgan fingerprint density at radius 2 is 2.12 bits per heavy atom. The van der Waals surface area contributed by atoms with Crippen molar-refractivity contribution >= 4 is 6.21 Å². The molecule has 1 saturated heterocycles. The fourth-order valence-corrected chi connectivity index (χ4v) is 1.89. The van der Waals surface area contributed by atoms with Gasteiger partial charge in [0.1, 0.15) is 0 Å². The highest BCUT2D eigenvalue weighted by Gasteiger charge is 2.11. The predicted octanol–water partition coefficient (Wildman–Crippen LogP) is 1.48. The summed E-state index contributed by atoms with van der Waals surface area (Å²) in [6, 6.07) is 6.22. The van der Waals surface area contributed by atoms with Gasteiger partial charge in [-0.25, -0.2) is 0 Å². The third-order valence-electron chi connectivity index (χ3n) is 2.88. The van der Waals surface area contributed by atoms with Gasteiger partial charge in [0.25, 0.3) is 0 Å². The number of rotatable bonds is 4. The first-order valence-corrected chi connectivity index (χ1v) is 5.79. The largest absolute Gasteiger partial charge is 0.493 e. The molecule has 0 bridgehead atoms. The lowest BCUT2D eigenvalue weighted by Crippen LogP contribution is -2.11. The van der Waals surface area contributed by atoms with E-state index in [1.54, 1.807) is 14.2 Å². The summed E-state index contributed by atoms with van der Waals surface area (Å²) in [6.07, 6.45) is 3.02. The smallest absolute Gasteiger partial charge is 0.161 e. The minimum absolute atomic E-state index is 0.406. The molecule has 0 aromatic heterocycles. The molecule has 0 radical (unpaired) electrons. The number of benzene rings is 1. The van der Waals surface area contributed by atoms with E-state index in [1.165, 1.54) is 0 Å². The zero-order chi connectivity index (χ0) is 12.1. The van der Waals surface area contributed by atoms with Gasteiger partial charge in [0.15, 0.2) is 11.5 Å². The van der Waals surface area contributed by atoms with Gasteiger partial charge >= 0.3 is 0 Å². The topological polar surface area (TPSA) is 42.8 Å². The highest BCUT2D eigenvalue weighted by atomic mass is 16.5. The van der Waals surface area contributed by atoms with Gasteiger partial charge in [0.2, 0.25) is 0 Å². The van der Waals surface area contributed by atoms with Crippen molar-refractivity contribution in [1.29, 1.82) is 0 Å². The van der Waals surface area contributed by atoms with Crippen molar-refractivity contribution in [3.8, 4) is 11.5 Å². The monoisotopic (exact) mass is 234 g/mol. The van der Waals surface area contributed by atoms with Gasteiger partial charge in [-0.1, -0.05) is 0 Å². The first-order chi connectivity index (χ1) is 8.33. The number of nitrogens with one attached hydrogen (secondary N) is 1. The van der Waals surface area contributed by atoms with Gasteiger partial charge in [-0.05, 0) is 36.7 Å². The number of hydrogen-bond acceptors (Lipinski definition) is 4. The summed E-state index contributed by atoms with van der Waals surface area (Å²) in [5.41, 5.74) is 1.04. The Morgan fingerprint density at radius 1 is 1.29 bits per heavy atom. The molecule has 1 fully saturated rings. The van der Waals surface area contributed by atoms with Gasteiger partial charge in [0, 0.05) is 12.8 Å². The van der Waals surface area contributed by atoms with Crippen LogP contribution in [-0.4, -0.2) is 39.6 Å². The molecule has 1 aliphatic rings. The third-order valence-corrected chi connectivity index (χ3v) is 2.88. The van der Waals surface area contributed by atoms with Crippen LogP contribution in [0.2, 0.25) is 0 Å². The molecular weight excluding hydrogens is 216 g/mol. The highest BCUT2D eigenvalue weighted by Crippen LogP contribution is 2.26. The maximum atomic E-state index is 5.25. The normalized spacial score (nSPS) is 19.8. The van der Waals surface area contributed by atoms with Crippen molar-refractivity contribution in [3.05, 3.63) is 23.8 Å². The molecular formula is C13H18N2O2. The second-order valence-corrected chi connectivity index (χ2v) is 4.04. The van der Waals surface area contributed by atoms with Crippen LogP contribution >= 0.6 is 0 Å². The van der Waals surface area contributed by atoms with E-state index in [0.29, 0.717) is 6.04 Å². The maximum Gasteiger partial charge on any atom is 0.161 e. The molecule has 4 nitrogen and oxygen atoms in total. The highest BCUT2D eigenvalue weighted by molar-refractivity contribution is 5.81. The number of hydrogen-bond donors (Lipinski definition) is 1. The lowest BCUT2D eigenvalue weighted by atomic mass is 10.2. The molecule has 2 rings (SSSR count). The first kappa shape index (κ1) is 11.9. The standard InChI is InChI=1S/C13H18N2O2/c1-16-12-4-3-10(7-13(12)17-2)8-15-11-5-6-14-9-11/h3-4,7-8,11,14H,5-6,9H2,1-2H3. The summed E-state index contributed by atoms with van der Waals surface area (Å²) >= 11 is 0. The Hall–Kier alpha value is -1.55. The van der Waals surface area contributed by atoms with Crippen LogP contribution in [0.4, 0.5) is 0 Å². The average molecular weight is 234 g/mol. The Morgan fingerprint density at radius 3 is 2.76 bits per heavy atom. The minimum Gasteiger partial charge on any atom is -0.493 e. The van der Waals surface area contributed by atoms with Crippen LogP contribution in [0.5, 0.6) is 11.5 Å². The summed E-state index contributed by atoms with van der Waals surface area (Å²) in [5.74, 6) is 1.48. The van der Waals surface area contributed by atoms with Gasteiger partial charge in [-0.15, -0.1) is 0 Å². The zero-order valence-corrected chi connectivity index (χ0v) is 10.3. The van der Waals surface area contributed by atoms with Crippen LogP contribution in [-0.2, 0) is 0 Å². The van der Waals surface area contributed by atoms with E-state index < -0.39 is 0 Å². The minimum atomic E-state index is 0.406. The van der Waals surface area contributed by atoms with Crippen molar-refractivity contribution in [2.24, 2.45) is 4.99 Å². The molecule has 1 N–H and O–H groups in total. The molecule has 0 aliphatic carbocycles. The van der Waals surface area contributed by atoms with Gasteiger partial charge in [-0.2, -0.15) is 0 Å². The van der Waals surface area contributed by atoms with Crippen LogP contribution in [0.3, 0.4) is 0 Å². The molecule has 0 amide bonds. The van der Waals surface area contributed by atoms with Crippen LogP contribution in [0, 0.1) is 0 Å². The molecule has 1 aromatic carbocycles. The van der Waals surface area contributed by atoms with E-state index in [4.69, 9.17) is 9.47 Å². The summed E-state index contributed by atoms with van der Waals surface area (Å²) < 4.78 is 10.4. The van der Waals surface area contributed by atoms with Crippen LogP contribution in [0.1, 0.15) is 12.0 Å². The second-order valence-electron chi connectivity index (χ2n) is 4.04. The lowest BCUT2D eigenvalue weighted by Gasteiger charge is -2.07. The van der Waals surface area contributed by atoms with Crippen molar-refractivity contribution in [2.45, 2.75) is 12.5 Å². The van der Waals surface area contributed by atoms with E-state index in [9.17, 15) is 0 Å². The van der Waals surface area contributed by atoms with Crippen LogP contribution < -0.4 is 14.8 Å². The van der Waals surface area contributed by atoms with E-state index in [1.807, 2.05) is 24.4 Å². The number of ether oxygens (including phenoxy) is 2. The molecule has 0 spiro atoms. The predicted molar refractivity (Wildman–Crippen MR) is 68.4 cm³/mol. The zero-order valence-electron chi connectivity index (χ0n) is 10.3. The Kier molecular flexibility index (Phi) is 3.98. The average Bonchev–Trinajstić information content (AvgIpc) is 2.89. The van der Waals surface area contributed by atoms with Crippen LogP contribution in [0.15, 0.2) is 23.2 Å². The molecule has 92 valence electrons. The number of aliphatic imine (C=N–C) groups is 1. The third kappa shape index (κ3) is 2.97. The fraction of sp³-hybridized carbons (Fsp3) is 0.462. The molecule has 1 atom stereocenters. The lowest BCUT2D eigenvalue weighted by molar-refractivity contribution is 0.355. The van der Waals surface area contributed by atoms with Crippen LogP contribution in [0.25, 0.3) is 0 Å². The SMILES string of the molecule is COc1ccc(C=NC2CCNC2)cc1OC. The quantitative estimate of drug-likeness (QED) is 0.802. The van der Waals surface area contributed by atoms with Crippen molar-refractivity contribution in [3.63, 3.8) is 0 Å². The second kappa shape index (κ2) is 5.68. The van der Waals surface area contributed by atoms with E-state index in [2.05, 4.69) is 10.3 Å². The Balaban J connectivity index is 2.10. The number of nitrogens with zero attached hydrogens (tertiary/aromatic N) is 1. The van der Waals surface area contributed by atoms with E-state index >= 15 is 0 Å². The Bertz CT molecular complexity index is 398. The molecule has 1 aromatic rings. The molecule has 1 unspecified atom stereocenters. The molecule has 1 aliphatic heterocycles. The van der Waals surface area contributed by atoms with E-state index in [0.717, 1.165) is 36.6 Å². The van der Waals surface area contributed by atoms with Gasteiger partial charge in [-0.3, -0.25) is 4.99 Å². The molecule has 1 heterocycles. The fourth-order valence-electron chi connectivity index (χ4n) is 1.89.